The smallest absolute Gasteiger partial charge is 0.115 e. The van der Waals surface area contributed by atoms with Gasteiger partial charge in [0.25, 0.3) is 0 Å². The molecule has 1 heterocycles. The van der Waals surface area contributed by atoms with E-state index < -0.39 is 0 Å². The fourth-order valence-corrected chi connectivity index (χ4v) is 1.01. The average Bonchev–Trinajstić information content (AvgIpc) is 2.14. The molecule has 14 heavy (non-hydrogen) atoms. The predicted octanol–water partition coefficient (Wildman–Crippen LogP) is 3.05. The Kier molecular flexibility index (Phi) is 5.61. The highest BCUT2D eigenvalue weighted by Gasteiger charge is 2.08. The maximum absolute atomic E-state index is 4.16. The highest BCUT2D eigenvalue weighted by atomic mass is 15.1. The van der Waals surface area contributed by atoms with Gasteiger partial charge in [0, 0.05) is 17.5 Å². The standard InChI is InChI=1S/C10H14N2.C2H6/c1-7(2)5-10-8(3)6-11-9(4)12-10;1-2/h5-6,9,12H,1,3H2,2,4H3;1-2H3/b10-5+;. The monoisotopic (exact) mass is 192 g/mol. The van der Waals surface area contributed by atoms with E-state index in [0.717, 1.165) is 16.8 Å². The molecule has 0 fully saturated rings. The zero-order valence-corrected chi connectivity index (χ0v) is 9.59. The normalized spacial score (nSPS) is 22.4. The first-order chi connectivity index (χ1) is 6.59. The summed E-state index contributed by atoms with van der Waals surface area (Å²) in [5, 5.41) is 3.20. The first-order valence-electron chi connectivity index (χ1n) is 4.96. The molecule has 0 aromatic heterocycles. The lowest BCUT2D eigenvalue weighted by Gasteiger charge is -2.19. The molecule has 1 aliphatic rings. The number of rotatable bonds is 1. The van der Waals surface area contributed by atoms with Gasteiger partial charge in [-0.3, -0.25) is 4.99 Å². The highest BCUT2D eigenvalue weighted by Crippen LogP contribution is 2.10. The molecule has 0 amide bonds. The largest absolute Gasteiger partial charge is 0.364 e. The van der Waals surface area contributed by atoms with Gasteiger partial charge >= 0.3 is 0 Å². The fourth-order valence-electron chi connectivity index (χ4n) is 1.01. The number of hydrogen-bond acceptors (Lipinski definition) is 2. The first-order valence-corrected chi connectivity index (χ1v) is 4.96. The van der Waals surface area contributed by atoms with Crippen LogP contribution in [0.5, 0.6) is 0 Å². The fraction of sp³-hybridized carbons (Fsp3) is 0.417. The molecule has 0 bridgehead atoms. The third kappa shape index (κ3) is 4.08. The number of nitrogens with one attached hydrogen (secondary N) is 1. The van der Waals surface area contributed by atoms with Crippen LogP contribution in [0.4, 0.5) is 0 Å². The molecule has 2 heteroatoms. The van der Waals surface area contributed by atoms with Crippen LogP contribution in [-0.4, -0.2) is 12.4 Å². The Balaban J connectivity index is 0.000000791. The van der Waals surface area contributed by atoms with Crippen LogP contribution in [0.2, 0.25) is 0 Å². The van der Waals surface area contributed by atoms with E-state index in [0.29, 0.717) is 0 Å². The van der Waals surface area contributed by atoms with E-state index in [-0.39, 0.29) is 6.17 Å². The minimum absolute atomic E-state index is 0.140. The van der Waals surface area contributed by atoms with E-state index >= 15 is 0 Å². The third-order valence-corrected chi connectivity index (χ3v) is 1.56. The zero-order valence-electron chi connectivity index (χ0n) is 9.59. The third-order valence-electron chi connectivity index (χ3n) is 1.56. The van der Waals surface area contributed by atoms with E-state index in [9.17, 15) is 0 Å². The Morgan fingerprint density at radius 1 is 1.57 bits per heavy atom. The summed E-state index contributed by atoms with van der Waals surface area (Å²) in [5.74, 6) is 0. The summed E-state index contributed by atoms with van der Waals surface area (Å²) in [5.41, 5.74) is 2.95. The summed E-state index contributed by atoms with van der Waals surface area (Å²) in [6.45, 7) is 15.6. The molecule has 0 aromatic rings. The SMILES string of the molecule is C=C(C)/C=C1/NC(C)N=CC1=C.CC. The second-order valence-corrected chi connectivity index (χ2v) is 3.03. The second kappa shape index (κ2) is 6.19. The van der Waals surface area contributed by atoms with Gasteiger partial charge in [-0.2, -0.15) is 0 Å². The maximum Gasteiger partial charge on any atom is 0.115 e. The zero-order chi connectivity index (χ0) is 11.1. The second-order valence-electron chi connectivity index (χ2n) is 3.03. The van der Waals surface area contributed by atoms with Crippen molar-refractivity contribution in [3.8, 4) is 0 Å². The van der Waals surface area contributed by atoms with Crippen molar-refractivity contribution in [2.75, 3.05) is 0 Å². The van der Waals surface area contributed by atoms with E-state index in [4.69, 9.17) is 0 Å². The van der Waals surface area contributed by atoms with Gasteiger partial charge in [0.05, 0.1) is 0 Å². The Hall–Kier alpha value is -1.31. The lowest BCUT2D eigenvalue weighted by molar-refractivity contribution is 0.642. The molecular weight excluding hydrogens is 172 g/mol. The molecule has 1 rings (SSSR count). The summed E-state index contributed by atoms with van der Waals surface area (Å²) in [7, 11) is 0. The van der Waals surface area contributed by atoms with Gasteiger partial charge in [-0.25, -0.2) is 0 Å². The highest BCUT2D eigenvalue weighted by molar-refractivity contribution is 5.84. The average molecular weight is 192 g/mol. The van der Waals surface area contributed by atoms with E-state index in [1.165, 1.54) is 0 Å². The van der Waals surface area contributed by atoms with Crippen molar-refractivity contribution in [1.29, 1.82) is 0 Å². The molecule has 0 aliphatic carbocycles. The minimum Gasteiger partial charge on any atom is -0.364 e. The molecule has 1 N–H and O–H groups in total. The Bertz CT molecular complexity index is 272. The van der Waals surface area contributed by atoms with Crippen molar-refractivity contribution < 1.29 is 0 Å². The van der Waals surface area contributed by atoms with E-state index in [2.05, 4.69) is 23.5 Å². The van der Waals surface area contributed by atoms with Gasteiger partial charge < -0.3 is 5.32 Å². The predicted molar refractivity (Wildman–Crippen MR) is 64.5 cm³/mol. The van der Waals surface area contributed by atoms with E-state index in [1.54, 1.807) is 6.21 Å². The number of aliphatic imine (C=N–C) groups is 1. The van der Waals surface area contributed by atoms with Crippen LogP contribution >= 0.6 is 0 Å². The lowest BCUT2D eigenvalue weighted by Crippen LogP contribution is -2.28. The molecule has 0 aromatic carbocycles. The Morgan fingerprint density at radius 3 is 2.64 bits per heavy atom. The number of allylic oxidation sites excluding steroid dienone is 3. The summed E-state index contributed by atoms with van der Waals surface area (Å²) in [6.07, 6.45) is 3.90. The van der Waals surface area contributed by atoms with Crippen LogP contribution in [0.1, 0.15) is 27.7 Å². The molecule has 0 saturated heterocycles. The van der Waals surface area contributed by atoms with Crippen LogP contribution in [0, 0.1) is 0 Å². The van der Waals surface area contributed by atoms with Gasteiger partial charge in [-0.1, -0.05) is 32.6 Å². The van der Waals surface area contributed by atoms with Gasteiger partial charge in [0.2, 0.25) is 0 Å². The van der Waals surface area contributed by atoms with Crippen LogP contribution in [0.3, 0.4) is 0 Å². The van der Waals surface area contributed by atoms with Crippen molar-refractivity contribution in [1.82, 2.24) is 5.32 Å². The molecule has 0 spiro atoms. The van der Waals surface area contributed by atoms with E-state index in [1.807, 2.05) is 33.8 Å². The van der Waals surface area contributed by atoms with Crippen molar-refractivity contribution in [2.45, 2.75) is 33.9 Å². The Labute approximate surface area is 87.1 Å². The summed E-state index contributed by atoms with van der Waals surface area (Å²) < 4.78 is 0. The molecule has 0 radical (unpaired) electrons. The van der Waals surface area contributed by atoms with Gasteiger partial charge in [-0.05, 0) is 19.9 Å². The van der Waals surface area contributed by atoms with Gasteiger partial charge in [0.1, 0.15) is 6.17 Å². The first kappa shape index (κ1) is 12.7. The number of nitrogens with zero attached hydrogens (tertiary/aromatic N) is 1. The summed E-state index contributed by atoms with van der Waals surface area (Å²) in [4.78, 5) is 4.16. The molecule has 2 nitrogen and oxygen atoms in total. The van der Waals surface area contributed by atoms with Crippen LogP contribution in [0.15, 0.2) is 41.1 Å². The Morgan fingerprint density at radius 2 is 2.14 bits per heavy atom. The van der Waals surface area contributed by atoms with Crippen molar-refractivity contribution in [3.63, 3.8) is 0 Å². The molecule has 1 atom stereocenters. The van der Waals surface area contributed by atoms with Gasteiger partial charge in [0.15, 0.2) is 0 Å². The van der Waals surface area contributed by atoms with Crippen molar-refractivity contribution in [2.24, 2.45) is 4.99 Å². The van der Waals surface area contributed by atoms with Crippen molar-refractivity contribution in [3.05, 3.63) is 36.1 Å². The summed E-state index contributed by atoms with van der Waals surface area (Å²) in [6, 6.07) is 0. The quantitative estimate of drug-likeness (QED) is 0.678. The molecule has 1 aliphatic heterocycles. The minimum atomic E-state index is 0.140. The number of hydrogen-bond donors (Lipinski definition) is 1. The van der Waals surface area contributed by atoms with Crippen molar-refractivity contribution >= 4 is 6.21 Å². The van der Waals surface area contributed by atoms with Crippen LogP contribution < -0.4 is 5.32 Å². The van der Waals surface area contributed by atoms with Crippen LogP contribution in [0.25, 0.3) is 0 Å². The molecule has 1 unspecified atom stereocenters. The molecular formula is C12H20N2. The molecule has 78 valence electrons. The summed E-state index contributed by atoms with van der Waals surface area (Å²) >= 11 is 0. The molecule has 0 saturated carbocycles. The topological polar surface area (TPSA) is 24.4 Å². The lowest BCUT2D eigenvalue weighted by atomic mass is 10.1. The van der Waals surface area contributed by atoms with Gasteiger partial charge in [-0.15, -0.1) is 0 Å². The maximum atomic E-state index is 4.16. The van der Waals surface area contributed by atoms with Crippen LogP contribution in [-0.2, 0) is 0 Å².